The highest BCUT2D eigenvalue weighted by Crippen LogP contribution is 2.18. The SMILES string of the molecule is O=C(O)c1ccc(C(=O)NC2CC(=O)N(CCOc3ccccc3)C2)s1. The Kier molecular flexibility index (Phi) is 5.52. The molecule has 26 heavy (non-hydrogen) atoms. The maximum absolute atomic E-state index is 12.2. The predicted molar refractivity (Wildman–Crippen MR) is 95.7 cm³/mol. The molecule has 0 aliphatic carbocycles. The zero-order chi connectivity index (χ0) is 18.5. The Bertz CT molecular complexity index is 805. The number of likely N-dealkylation sites (tertiary alicyclic amines) is 1. The van der Waals surface area contributed by atoms with Crippen molar-refractivity contribution in [2.75, 3.05) is 19.7 Å². The van der Waals surface area contributed by atoms with Gasteiger partial charge in [-0.05, 0) is 24.3 Å². The summed E-state index contributed by atoms with van der Waals surface area (Å²) in [6.07, 6.45) is 0.230. The minimum absolute atomic E-state index is 0.0376. The van der Waals surface area contributed by atoms with Crippen LogP contribution < -0.4 is 10.1 Å². The number of hydrogen-bond donors (Lipinski definition) is 2. The van der Waals surface area contributed by atoms with E-state index in [2.05, 4.69) is 5.32 Å². The lowest BCUT2D eigenvalue weighted by atomic mass is 10.2. The van der Waals surface area contributed by atoms with Gasteiger partial charge in [0.1, 0.15) is 17.2 Å². The Balaban J connectivity index is 1.47. The van der Waals surface area contributed by atoms with E-state index in [0.29, 0.717) is 24.6 Å². The van der Waals surface area contributed by atoms with E-state index in [0.717, 1.165) is 17.1 Å². The number of ether oxygens (including phenoxy) is 1. The van der Waals surface area contributed by atoms with Gasteiger partial charge in [-0.3, -0.25) is 9.59 Å². The molecule has 0 saturated carbocycles. The Labute approximate surface area is 154 Å². The molecule has 0 spiro atoms. The summed E-state index contributed by atoms with van der Waals surface area (Å²) in [4.78, 5) is 37.3. The molecule has 1 atom stereocenters. The second-order valence-corrected chi connectivity index (χ2v) is 6.93. The first kappa shape index (κ1) is 17.9. The summed E-state index contributed by atoms with van der Waals surface area (Å²) < 4.78 is 5.59. The molecule has 1 saturated heterocycles. The standard InChI is InChI=1S/C18H18N2O5S/c21-16-10-12(19-17(22)14-6-7-15(26-14)18(23)24)11-20(16)8-9-25-13-4-2-1-3-5-13/h1-7,12H,8-11H2,(H,19,22)(H,23,24). The Morgan fingerprint density at radius 3 is 2.62 bits per heavy atom. The lowest BCUT2D eigenvalue weighted by molar-refractivity contribution is -0.128. The van der Waals surface area contributed by atoms with Crippen molar-refractivity contribution in [3.63, 3.8) is 0 Å². The molecule has 2 aromatic rings. The Morgan fingerprint density at radius 2 is 1.92 bits per heavy atom. The van der Waals surface area contributed by atoms with Crippen LogP contribution in [0.4, 0.5) is 0 Å². The van der Waals surface area contributed by atoms with E-state index in [-0.39, 0.29) is 29.2 Å². The quantitative estimate of drug-likeness (QED) is 0.771. The number of amides is 2. The zero-order valence-corrected chi connectivity index (χ0v) is 14.7. The van der Waals surface area contributed by atoms with E-state index < -0.39 is 5.97 Å². The number of carboxylic acid groups (broad SMARTS) is 1. The van der Waals surface area contributed by atoms with Gasteiger partial charge in [0.25, 0.3) is 5.91 Å². The molecule has 136 valence electrons. The molecule has 2 N–H and O–H groups in total. The molecule has 1 fully saturated rings. The first-order chi connectivity index (χ1) is 12.5. The summed E-state index contributed by atoms with van der Waals surface area (Å²) in [6.45, 7) is 1.24. The van der Waals surface area contributed by atoms with Crippen LogP contribution in [0.3, 0.4) is 0 Å². The second kappa shape index (κ2) is 8.01. The van der Waals surface area contributed by atoms with Crippen LogP contribution >= 0.6 is 11.3 Å². The fourth-order valence-electron chi connectivity index (χ4n) is 2.71. The normalized spacial score (nSPS) is 16.5. The van der Waals surface area contributed by atoms with Gasteiger partial charge in [0.05, 0.1) is 17.5 Å². The van der Waals surface area contributed by atoms with E-state index in [9.17, 15) is 14.4 Å². The van der Waals surface area contributed by atoms with Gasteiger partial charge in [-0.15, -0.1) is 11.3 Å². The first-order valence-electron chi connectivity index (χ1n) is 8.12. The van der Waals surface area contributed by atoms with Crippen molar-refractivity contribution in [3.05, 3.63) is 52.2 Å². The minimum atomic E-state index is -1.06. The number of carbonyl (C=O) groups is 3. The highest BCUT2D eigenvalue weighted by Gasteiger charge is 2.30. The molecule has 3 rings (SSSR count). The number of nitrogens with zero attached hydrogens (tertiary/aromatic N) is 1. The van der Waals surface area contributed by atoms with Gasteiger partial charge in [-0.1, -0.05) is 18.2 Å². The smallest absolute Gasteiger partial charge is 0.345 e. The molecule has 0 radical (unpaired) electrons. The summed E-state index contributed by atoms with van der Waals surface area (Å²) in [7, 11) is 0. The van der Waals surface area contributed by atoms with Crippen LogP contribution in [0.2, 0.25) is 0 Å². The number of carbonyl (C=O) groups excluding carboxylic acids is 2. The number of benzene rings is 1. The molecule has 1 aliphatic heterocycles. The number of hydrogen-bond acceptors (Lipinski definition) is 5. The molecular weight excluding hydrogens is 356 g/mol. The number of nitrogens with one attached hydrogen (secondary N) is 1. The monoisotopic (exact) mass is 374 g/mol. The number of aromatic carboxylic acids is 1. The molecule has 1 unspecified atom stereocenters. The van der Waals surface area contributed by atoms with Crippen molar-refractivity contribution in [3.8, 4) is 5.75 Å². The van der Waals surface area contributed by atoms with Crippen LogP contribution in [0.15, 0.2) is 42.5 Å². The third kappa shape index (κ3) is 4.40. The number of rotatable bonds is 7. The molecule has 2 amide bonds. The van der Waals surface area contributed by atoms with Crippen molar-refractivity contribution in [1.82, 2.24) is 10.2 Å². The topological polar surface area (TPSA) is 95.9 Å². The summed E-state index contributed by atoms with van der Waals surface area (Å²) in [6, 6.07) is 11.9. The molecule has 1 aromatic carbocycles. The fraction of sp³-hybridized carbons (Fsp3) is 0.278. The summed E-state index contributed by atoms with van der Waals surface area (Å²) >= 11 is 0.915. The van der Waals surface area contributed by atoms with Gasteiger partial charge >= 0.3 is 5.97 Å². The molecular formula is C18H18N2O5S. The average molecular weight is 374 g/mol. The highest BCUT2D eigenvalue weighted by molar-refractivity contribution is 7.15. The summed E-state index contributed by atoms with van der Waals surface area (Å²) in [5.74, 6) is -0.710. The highest BCUT2D eigenvalue weighted by atomic mass is 32.1. The Hall–Kier alpha value is -2.87. The van der Waals surface area contributed by atoms with Gasteiger partial charge < -0.3 is 20.1 Å². The molecule has 7 nitrogen and oxygen atoms in total. The van der Waals surface area contributed by atoms with Crippen LogP contribution in [-0.2, 0) is 4.79 Å². The van der Waals surface area contributed by atoms with Crippen molar-refractivity contribution < 1.29 is 24.2 Å². The maximum atomic E-state index is 12.2. The van der Waals surface area contributed by atoms with Crippen molar-refractivity contribution in [1.29, 1.82) is 0 Å². The predicted octanol–water partition coefficient (Wildman–Crippen LogP) is 1.86. The van der Waals surface area contributed by atoms with E-state index >= 15 is 0 Å². The van der Waals surface area contributed by atoms with Gasteiger partial charge in [0, 0.05) is 13.0 Å². The van der Waals surface area contributed by atoms with E-state index in [1.807, 2.05) is 30.3 Å². The van der Waals surface area contributed by atoms with Crippen molar-refractivity contribution in [2.24, 2.45) is 0 Å². The molecule has 1 aliphatic rings. The van der Waals surface area contributed by atoms with Crippen molar-refractivity contribution >= 4 is 29.1 Å². The zero-order valence-electron chi connectivity index (χ0n) is 13.9. The van der Waals surface area contributed by atoms with Crippen LogP contribution in [-0.4, -0.2) is 53.5 Å². The molecule has 8 heteroatoms. The lowest BCUT2D eigenvalue weighted by Gasteiger charge is -2.17. The maximum Gasteiger partial charge on any atom is 0.345 e. The Morgan fingerprint density at radius 1 is 1.19 bits per heavy atom. The van der Waals surface area contributed by atoms with Gasteiger partial charge in [0.2, 0.25) is 5.91 Å². The van der Waals surface area contributed by atoms with Crippen LogP contribution in [0, 0.1) is 0 Å². The summed E-state index contributed by atoms with van der Waals surface area (Å²) in [5.41, 5.74) is 0. The van der Waals surface area contributed by atoms with Gasteiger partial charge in [0.15, 0.2) is 0 Å². The molecule has 2 heterocycles. The largest absolute Gasteiger partial charge is 0.492 e. The molecule has 1 aromatic heterocycles. The van der Waals surface area contributed by atoms with Crippen LogP contribution in [0.25, 0.3) is 0 Å². The summed E-state index contributed by atoms with van der Waals surface area (Å²) in [5, 5.41) is 11.7. The van der Waals surface area contributed by atoms with E-state index in [1.165, 1.54) is 12.1 Å². The number of carboxylic acids is 1. The first-order valence-corrected chi connectivity index (χ1v) is 8.94. The minimum Gasteiger partial charge on any atom is -0.492 e. The third-order valence-electron chi connectivity index (χ3n) is 3.96. The van der Waals surface area contributed by atoms with Crippen LogP contribution in [0.5, 0.6) is 5.75 Å². The molecule has 0 bridgehead atoms. The number of para-hydroxylation sites is 1. The number of thiophene rings is 1. The van der Waals surface area contributed by atoms with Gasteiger partial charge in [-0.25, -0.2) is 4.79 Å². The van der Waals surface area contributed by atoms with E-state index in [1.54, 1.807) is 4.90 Å². The lowest BCUT2D eigenvalue weighted by Crippen LogP contribution is -2.37. The van der Waals surface area contributed by atoms with Crippen LogP contribution in [0.1, 0.15) is 25.8 Å². The van der Waals surface area contributed by atoms with Crippen molar-refractivity contribution in [2.45, 2.75) is 12.5 Å². The van der Waals surface area contributed by atoms with E-state index in [4.69, 9.17) is 9.84 Å². The third-order valence-corrected chi connectivity index (χ3v) is 5.04. The second-order valence-electron chi connectivity index (χ2n) is 5.84. The average Bonchev–Trinajstić information content (AvgIpc) is 3.23. The fourth-order valence-corrected chi connectivity index (χ4v) is 3.45. The van der Waals surface area contributed by atoms with Gasteiger partial charge in [-0.2, -0.15) is 0 Å².